The van der Waals surface area contributed by atoms with E-state index in [-0.39, 0.29) is 5.71 Å². The van der Waals surface area contributed by atoms with Crippen LogP contribution in [-0.4, -0.2) is 36.1 Å². The van der Waals surface area contributed by atoms with Crippen molar-refractivity contribution in [1.29, 1.82) is 0 Å². The summed E-state index contributed by atoms with van der Waals surface area (Å²) in [6.45, 7) is 1.55. The van der Waals surface area contributed by atoms with Gasteiger partial charge in [0, 0.05) is 4.47 Å². The highest BCUT2D eigenvalue weighted by molar-refractivity contribution is 9.10. The topological polar surface area (TPSA) is 88.1 Å². The second kappa shape index (κ2) is 4.91. The summed E-state index contributed by atoms with van der Waals surface area (Å²) < 4.78 is 5.37. The van der Waals surface area contributed by atoms with E-state index >= 15 is 0 Å². The van der Waals surface area contributed by atoms with E-state index in [1.165, 1.54) is 7.11 Å². The summed E-state index contributed by atoms with van der Waals surface area (Å²) in [6, 6.07) is 6.82. The number of hydrazone groups is 1. The highest BCUT2D eigenvalue weighted by Gasteiger charge is 2.63. The minimum atomic E-state index is -1.27. The third kappa shape index (κ3) is 1.87. The molecule has 114 valence electrons. The van der Waals surface area contributed by atoms with E-state index in [0.29, 0.717) is 5.69 Å². The molecule has 0 aromatic heterocycles. The number of hydrogen-bond donors (Lipinski definition) is 1. The van der Waals surface area contributed by atoms with Crippen LogP contribution in [-0.2, 0) is 19.1 Å². The standard InChI is InChI=1S/C14H12BrN3O4/c1-14-9(10(16-17-14)12(20)22-2)11(19)18(13(14)21)8-5-3-4-7(15)6-8/h3-6,9,17H,1-2H3/t9-,14+/m0/s1. The van der Waals surface area contributed by atoms with Gasteiger partial charge in [0.2, 0.25) is 5.91 Å². The maximum absolute atomic E-state index is 12.7. The fourth-order valence-corrected chi connectivity index (χ4v) is 3.09. The Kier molecular flexibility index (Phi) is 3.28. The first-order valence-corrected chi connectivity index (χ1v) is 7.26. The lowest BCUT2D eigenvalue weighted by molar-refractivity contribution is -0.133. The number of carbonyl (C=O) groups is 3. The van der Waals surface area contributed by atoms with Crippen molar-refractivity contribution in [3.8, 4) is 0 Å². The van der Waals surface area contributed by atoms with E-state index in [1.54, 1.807) is 31.2 Å². The van der Waals surface area contributed by atoms with Crippen molar-refractivity contribution in [3.63, 3.8) is 0 Å². The Labute approximate surface area is 134 Å². The Morgan fingerprint density at radius 3 is 2.82 bits per heavy atom. The van der Waals surface area contributed by atoms with Crippen molar-refractivity contribution in [2.24, 2.45) is 11.0 Å². The van der Waals surface area contributed by atoms with Gasteiger partial charge in [-0.3, -0.25) is 15.0 Å². The summed E-state index contributed by atoms with van der Waals surface area (Å²) >= 11 is 3.31. The molecule has 2 atom stereocenters. The number of esters is 1. The van der Waals surface area contributed by atoms with Crippen LogP contribution in [0.5, 0.6) is 0 Å². The fourth-order valence-electron chi connectivity index (χ4n) is 2.70. The molecule has 7 nitrogen and oxygen atoms in total. The smallest absolute Gasteiger partial charge is 0.355 e. The first kappa shape index (κ1) is 14.7. The number of nitrogens with one attached hydrogen (secondary N) is 1. The number of anilines is 1. The molecule has 3 rings (SSSR count). The molecule has 1 aromatic rings. The van der Waals surface area contributed by atoms with Crippen molar-refractivity contribution in [2.45, 2.75) is 12.5 Å². The molecule has 2 aliphatic rings. The molecule has 2 amide bonds. The monoisotopic (exact) mass is 365 g/mol. The third-order valence-corrected chi connectivity index (χ3v) is 4.33. The summed E-state index contributed by atoms with van der Waals surface area (Å²) in [7, 11) is 1.20. The number of hydrogen-bond acceptors (Lipinski definition) is 6. The van der Waals surface area contributed by atoms with Crippen molar-refractivity contribution >= 4 is 45.1 Å². The molecule has 0 saturated carbocycles. The van der Waals surface area contributed by atoms with Crippen LogP contribution >= 0.6 is 15.9 Å². The Balaban J connectivity index is 2.05. The van der Waals surface area contributed by atoms with Crippen LogP contribution in [0.3, 0.4) is 0 Å². The largest absolute Gasteiger partial charge is 0.464 e. The lowest BCUT2D eigenvalue weighted by Gasteiger charge is -2.20. The number of imide groups is 1. The first-order chi connectivity index (χ1) is 10.4. The molecule has 0 spiro atoms. The maximum Gasteiger partial charge on any atom is 0.355 e. The summed E-state index contributed by atoms with van der Waals surface area (Å²) in [5.74, 6) is -2.67. The van der Waals surface area contributed by atoms with Crippen LogP contribution in [0.2, 0.25) is 0 Å². The molecule has 2 heterocycles. The fraction of sp³-hybridized carbons (Fsp3) is 0.286. The highest BCUT2D eigenvalue weighted by Crippen LogP contribution is 2.38. The summed E-state index contributed by atoms with van der Waals surface area (Å²) in [5.41, 5.74) is 1.70. The van der Waals surface area contributed by atoms with Gasteiger partial charge in [-0.1, -0.05) is 22.0 Å². The second-order valence-electron chi connectivity index (χ2n) is 5.19. The van der Waals surface area contributed by atoms with Gasteiger partial charge >= 0.3 is 5.97 Å². The number of methoxy groups -OCH3 is 1. The van der Waals surface area contributed by atoms with Gasteiger partial charge in [-0.05, 0) is 25.1 Å². The van der Waals surface area contributed by atoms with Crippen molar-refractivity contribution in [3.05, 3.63) is 28.7 Å². The summed E-state index contributed by atoms with van der Waals surface area (Å²) in [6.07, 6.45) is 0. The summed E-state index contributed by atoms with van der Waals surface area (Å²) in [4.78, 5) is 38.2. The number of benzene rings is 1. The van der Waals surface area contributed by atoms with Crippen LogP contribution < -0.4 is 10.3 Å². The highest BCUT2D eigenvalue weighted by atomic mass is 79.9. The quantitative estimate of drug-likeness (QED) is 0.619. The van der Waals surface area contributed by atoms with Gasteiger partial charge in [-0.2, -0.15) is 5.10 Å². The Morgan fingerprint density at radius 2 is 2.18 bits per heavy atom. The molecule has 1 saturated heterocycles. The first-order valence-electron chi connectivity index (χ1n) is 6.47. The number of ether oxygens (including phenoxy) is 1. The maximum atomic E-state index is 12.7. The molecule has 8 heteroatoms. The van der Waals surface area contributed by atoms with Crippen LogP contribution in [0.4, 0.5) is 5.69 Å². The molecular formula is C14H12BrN3O4. The average molecular weight is 366 g/mol. The number of fused-ring (bicyclic) bond motifs is 1. The van der Waals surface area contributed by atoms with Gasteiger partial charge in [0.05, 0.1) is 12.8 Å². The van der Waals surface area contributed by atoms with E-state index in [0.717, 1.165) is 9.37 Å². The van der Waals surface area contributed by atoms with E-state index < -0.39 is 29.2 Å². The third-order valence-electron chi connectivity index (χ3n) is 3.84. The Morgan fingerprint density at radius 1 is 1.45 bits per heavy atom. The molecule has 0 unspecified atom stereocenters. The van der Waals surface area contributed by atoms with Gasteiger partial charge in [0.1, 0.15) is 11.5 Å². The molecule has 2 aliphatic heterocycles. The van der Waals surface area contributed by atoms with E-state index in [1.807, 2.05) is 0 Å². The van der Waals surface area contributed by atoms with Gasteiger partial charge in [0.15, 0.2) is 5.71 Å². The minimum Gasteiger partial charge on any atom is -0.464 e. The number of nitrogens with zero attached hydrogens (tertiary/aromatic N) is 2. The van der Waals surface area contributed by atoms with Crippen LogP contribution in [0.25, 0.3) is 0 Å². The number of halogens is 1. The molecule has 1 N–H and O–H groups in total. The predicted octanol–water partition coefficient (Wildman–Crippen LogP) is 0.829. The van der Waals surface area contributed by atoms with Crippen molar-refractivity contribution < 1.29 is 19.1 Å². The molecule has 0 aliphatic carbocycles. The second-order valence-corrected chi connectivity index (χ2v) is 6.11. The van der Waals surface area contributed by atoms with E-state index in [2.05, 4.69) is 31.2 Å². The number of amides is 2. The van der Waals surface area contributed by atoms with E-state index in [4.69, 9.17) is 0 Å². The molecule has 0 bridgehead atoms. The molecule has 22 heavy (non-hydrogen) atoms. The van der Waals surface area contributed by atoms with Crippen molar-refractivity contribution in [1.82, 2.24) is 5.43 Å². The predicted molar refractivity (Wildman–Crippen MR) is 81.1 cm³/mol. The van der Waals surface area contributed by atoms with Gasteiger partial charge in [0.25, 0.3) is 5.91 Å². The Bertz CT molecular complexity index is 733. The SMILES string of the molecule is COC(=O)C1=NN[C@@]2(C)C(=O)N(c3cccc(Br)c3)C(=O)[C@H]12. The van der Waals surface area contributed by atoms with Crippen LogP contribution in [0, 0.1) is 5.92 Å². The molecular weight excluding hydrogens is 354 g/mol. The Hall–Kier alpha value is -2.22. The van der Waals surface area contributed by atoms with Gasteiger partial charge in [-0.15, -0.1) is 0 Å². The zero-order chi connectivity index (χ0) is 16.1. The summed E-state index contributed by atoms with van der Waals surface area (Å²) in [5, 5.41) is 3.82. The van der Waals surface area contributed by atoms with Gasteiger partial charge in [-0.25, -0.2) is 9.69 Å². The van der Waals surface area contributed by atoms with Crippen LogP contribution in [0.1, 0.15) is 6.92 Å². The van der Waals surface area contributed by atoms with E-state index in [9.17, 15) is 14.4 Å². The lowest BCUT2D eigenvalue weighted by Crippen LogP contribution is -2.48. The normalized spacial score (nSPS) is 26.6. The number of rotatable bonds is 2. The zero-order valence-electron chi connectivity index (χ0n) is 11.8. The zero-order valence-corrected chi connectivity index (χ0v) is 13.4. The minimum absolute atomic E-state index is 0.0825. The molecule has 1 fully saturated rings. The molecule has 1 aromatic carbocycles. The lowest BCUT2D eigenvalue weighted by atomic mass is 9.86. The van der Waals surface area contributed by atoms with Crippen LogP contribution in [0.15, 0.2) is 33.8 Å². The molecule has 0 radical (unpaired) electrons. The number of carbonyl (C=O) groups excluding carboxylic acids is 3. The van der Waals surface area contributed by atoms with Crippen molar-refractivity contribution in [2.75, 3.05) is 12.0 Å². The average Bonchev–Trinajstić information content (AvgIpc) is 2.93. The van der Waals surface area contributed by atoms with Gasteiger partial charge < -0.3 is 4.74 Å².